The van der Waals surface area contributed by atoms with E-state index in [1.807, 2.05) is 28.1 Å². The van der Waals surface area contributed by atoms with Crippen LogP contribution in [0.2, 0.25) is 0 Å². The molecule has 9 nitrogen and oxygen atoms in total. The minimum Gasteiger partial charge on any atom is -0.756 e. The van der Waals surface area contributed by atoms with E-state index in [-0.39, 0.29) is 26.4 Å². The summed E-state index contributed by atoms with van der Waals surface area (Å²) >= 11 is 0. The molecule has 0 aromatic heterocycles. The number of phosphoric ester groups is 1. The lowest BCUT2D eigenvalue weighted by Crippen LogP contribution is -2.37. The van der Waals surface area contributed by atoms with Gasteiger partial charge < -0.3 is 32.6 Å². The lowest BCUT2D eigenvalue weighted by Gasteiger charge is -2.28. The van der Waals surface area contributed by atoms with E-state index >= 15 is 0 Å². The van der Waals surface area contributed by atoms with E-state index in [0.717, 1.165) is 25.7 Å². The Kier molecular flexibility index (Phi) is 26.4. The summed E-state index contributed by atoms with van der Waals surface area (Å²) in [5, 5.41) is 0. The molecule has 0 rings (SSSR count). The molecule has 10 heteroatoms. The lowest BCUT2D eigenvalue weighted by molar-refractivity contribution is -0.870. The van der Waals surface area contributed by atoms with E-state index in [9.17, 15) is 14.3 Å². The van der Waals surface area contributed by atoms with Crippen LogP contribution >= 0.6 is 7.82 Å². The van der Waals surface area contributed by atoms with Crippen LogP contribution in [-0.2, 0) is 27.8 Å². The second-order valence-electron chi connectivity index (χ2n) is 12.2. The van der Waals surface area contributed by atoms with Gasteiger partial charge in [0.15, 0.2) is 6.10 Å². The van der Waals surface area contributed by atoms with Crippen molar-refractivity contribution in [1.82, 2.24) is 0 Å². The maximum atomic E-state index is 12.1. The number of carbonyl (C=O) groups excluding carboxylic acids is 1. The van der Waals surface area contributed by atoms with Crippen molar-refractivity contribution in [3.8, 4) is 0 Å². The van der Waals surface area contributed by atoms with Gasteiger partial charge in [0.1, 0.15) is 13.2 Å². The number of likely N-dealkylation sites (N-methyl/N-ethyl adjacent to an activating group) is 1. The van der Waals surface area contributed by atoms with Gasteiger partial charge in [-0.05, 0) is 12.8 Å². The van der Waals surface area contributed by atoms with Gasteiger partial charge in [-0.3, -0.25) is 4.57 Å². The highest BCUT2D eigenvalue weighted by Crippen LogP contribution is 2.38. The molecular weight excluding hydrogens is 545 g/mol. The van der Waals surface area contributed by atoms with Gasteiger partial charge in [0.25, 0.3) is 7.82 Å². The highest BCUT2D eigenvalue weighted by Gasteiger charge is 2.21. The summed E-state index contributed by atoms with van der Waals surface area (Å²) in [6, 6.07) is 0. The molecule has 0 aromatic carbocycles. The number of rotatable bonds is 30. The number of hydrogen-bond acceptors (Lipinski definition) is 8. The maximum absolute atomic E-state index is 12.1. The Morgan fingerprint density at radius 1 is 0.659 bits per heavy atom. The number of unbranched alkanes of at least 4 members (excludes halogenated alkanes) is 16. The van der Waals surface area contributed by atoms with Gasteiger partial charge >= 0.3 is 6.16 Å². The Labute approximate surface area is 252 Å². The predicted molar refractivity (Wildman–Crippen MR) is 164 cm³/mol. The van der Waals surface area contributed by atoms with Crippen LogP contribution in [0.1, 0.15) is 129 Å². The fraction of sp³-hybridized carbons (Fsp3) is 0.968. The predicted octanol–water partition coefficient (Wildman–Crippen LogP) is 7.79. The normalized spacial score (nSPS) is 14.1. The summed E-state index contributed by atoms with van der Waals surface area (Å²) in [5.41, 5.74) is 0. The van der Waals surface area contributed by atoms with Crippen molar-refractivity contribution in [2.75, 3.05) is 60.7 Å². The number of phosphoric acid groups is 1. The Bertz CT molecular complexity index is 644. The fourth-order valence-electron chi connectivity index (χ4n) is 4.19. The summed E-state index contributed by atoms with van der Waals surface area (Å²) in [7, 11) is 1.28. The molecule has 0 fully saturated rings. The number of carbonyl (C=O) groups is 1. The van der Waals surface area contributed by atoms with Gasteiger partial charge in [0.2, 0.25) is 0 Å². The van der Waals surface area contributed by atoms with E-state index in [0.29, 0.717) is 17.6 Å². The van der Waals surface area contributed by atoms with Gasteiger partial charge in [-0.25, -0.2) is 4.79 Å². The topological polar surface area (TPSA) is 103 Å². The van der Waals surface area contributed by atoms with Crippen molar-refractivity contribution in [3.63, 3.8) is 0 Å². The Balaban J connectivity index is 4.02. The Morgan fingerprint density at radius 2 is 1.15 bits per heavy atom. The first-order valence-corrected chi connectivity index (χ1v) is 17.9. The van der Waals surface area contributed by atoms with Crippen molar-refractivity contribution < 1.29 is 42.0 Å². The molecule has 0 aromatic rings. The molecule has 0 aliphatic rings. The van der Waals surface area contributed by atoms with Crippen LogP contribution < -0.4 is 4.89 Å². The fourth-order valence-corrected chi connectivity index (χ4v) is 4.92. The summed E-state index contributed by atoms with van der Waals surface area (Å²) in [5.74, 6) is 0. The van der Waals surface area contributed by atoms with Crippen LogP contribution in [-0.4, -0.2) is 77.5 Å². The summed E-state index contributed by atoms with van der Waals surface area (Å²) in [4.78, 5) is 24.1. The average Bonchev–Trinajstić information content (AvgIpc) is 2.90. The molecule has 0 radical (unpaired) electrons. The van der Waals surface area contributed by atoms with Gasteiger partial charge in [0, 0.05) is 6.61 Å². The van der Waals surface area contributed by atoms with E-state index in [2.05, 4.69) is 6.92 Å². The minimum atomic E-state index is -4.53. The first kappa shape index (κ1) is 40.3. The van der Waals surface area contributed by atoms with Crippen molar-refractivity contribution in [1.29, 1.82) is 0 Å². The third-order valence-corrected chi connectivity index (χ3v) is 7.82. The zero-order valence-corrected chi connectivity index (χ0v) is 28.1. The van der Waals surface area contributed by atoms with Gasteiger partial charge in [-0.1, -0.05) is 117 Å². The molecule has 0 aliphatic heterocycles. The van der Waals surface area contributed by atoms with Crippen LogP contribution in [0.3, 0.4) is 0 Å². The van der Waals surface area contributed by atoms with E-state index in [4.69, 9.17) is 23.3 Å². The molecule has 0 spiro atoms. The first-order valence-electron chi connectivity index (χ1n) is 16.4. The van der Waals surface area contributed by atoms with Gasteiger partial charge in [0.05, 0.1) is 41.0 Å². The highest BCUT2D eigenvalue weighted by molar-refractivity contribution is 7.45. The van der Waals surface area contributed by atoms with Crippen molar-refractivity contribution in [2.24, 2.45) is 0 Å². The number of nitrogens with zero attached hydrogens (tertiary/aromatic N) is 1. The molecule has 0 aliphatic carbocycles. The average molecular weight is 610 g/mol. The van der Waals surface area contributed by atoms with Crippen molar-refractivity contribution >= 4 is 14.0 Å². The molecule has 0 amide bonds. The zero-order chi connectivity index (χ0) is 30.7. The first-order chi connectivity index (χ1) is 19.6. The second-order valence-corrected chi connectivity index (χ2v) is 13.6. The molecule has 0 saturated carbocycles. The Hall–Kier alpha value is -0.700. The molecule has 0 bridgehead atoms. The quantitative estimate of drug-likeness (QED) is 0.0352. The molecule has 2 atom stereocenters. The zero-order valence-electron chi connectivity index (χ0n) is 27.2. The molecule has 2 unspecified atom stereocenters. The molecule has 0 heterocycles. The summed E-state index contributed by atoms with van der Waals surface area (Å²) in [6.07, 6.45) is 20.7. The third-order valence-electron chi connectivity index (χ3n) is 6.86. The monoisotopic (exact) mass is 609 g/mol. The third kappa shape index (κ3) is 30.6. The number of quaternary nitrogens is 1. The van der Waals surface area contributed by atoms with Crippen LogP contribution in [0, 0.1) is 0 Å². The number of ether oxygens (including phenoxy) is 3. The molecular formula is C31H64NO8P. The van der Waals surface area contributed by atoms with Crippen molar-refractivity contribution in [2.45, 2.75) is 136 Å². The minimum absolute atomic E-state index is 0.00458. The van der Waals surface area contributed by atoms with E-state index in [1.54, 1.807) is 0 Å². The molecule has 0 saturated heterocycles. The standard InChI is InChI=1S/C31H64NO8P/c1-6-8-10-11-12-13-14-15-16-17-18-19-20-21-22-23-25-36-28-30(40-31(33)37-26-9-7-2)29-39-41(34,35)38-27-24-32(3,4)5/h30H,6-29H2,1-5H3. The summed E-state index contributed by atoms with van der Waals surface area (Å²) < 4.78 is 38.6. The Morgan fingerprint density at radius 3 is 1.63 bits per heavy atom. The van der Waals surface area contributed by atoms with Gasteiger partial charge in [-0.15, -0.1) is 0 Å². The molecule has 246 valence electrons. The summed E-state index contributed by atoms with van der Waals surface area (Å²) in [6.45, 7) is 5.17. The van der Waals surface area contributed by atoms with Crippen LogP contribution in [0.5, 0.6) is 0 Å². The SMILES string of the molecule is CCCCCCCCCCCCCCCCCCOCC(COP(=O)([O-])OCC[N+](C)(C)C)OC(=O)OCCCC. The number of hydrogen-bond donors (Lipinski definition) is 0. The van der Waals surface area contributed by atoms with Crippen LogP contribution in [0.25, 0.3) is 0 Å². The smallest absolute Gasteiger partial charge is 0.508 e. The van der Waals surface area contributed by atoms with E-state index < -0.39 is 20.1 Å². The highest BCUT2D eigenvalue weighted by atomic mass is 31.2. The lowest BCUT2D eigenvalue weighted by atomic mass is 10.0. The largest absolute Gasteiger partial charge is 0.756 e. The van der Waals surface area contributed by atoms with E-state index in [1.165, 1.54) is 89.9 Å². The van der Waals surface area contributed by atoms with Crippen LogP contribution in [0.4, 0.5) is 4.79 Å². The van der Waals surface area contributed by atoms with Crippen molar-refractivity contribution in [3.05, 3.63) is 0 Å². The second kappa shape index (κ2) is 26.9. The maximum Gasteiger partial charge on any atom is 0.508 e. The molecule has 0 N–H and O–H groups in total. The van der Waals surface area contributed by atoms with Gasteiger partial charge in [-0.2, -0.15) is 0 Å². The van der Waals surface area contributed by atoms with Crippen LogP contribution in [0.15, 0.2) is 0 Å². The molecule has 41 heavy (non-hydrogen) atoms.